The summed E-state index contributed by atoms with van der Waals surface area (Å²) in [4.78, 5) is 12.7. The molecular formula is C32H58N2O8S. The first-order valence-corrected chi connectivity index (χ1v) is 18.2. The summed E-state index contributed by atoms with van der Waals surface area (Å²) in [6.45, 7) is 7.60. The van der Waals surface area contributed by atoms with E-state index in [2.05, 4.69) is 26.1 Å². The number of rotatable bonds is 12. The predicted molar refractivity (Wildman–Crippen MR) is 162 cm³/mol. The number of nitrogens with zero attached hydrogens (tertiary/aromatic N) is 1. The molecule has 4 rings (SSSR count). The van der Waals surface area contributed by atoms with Gasteiger partial charge in [-0.15, -0.1) is 0 Å². The molecule has 11 heteroatoms. The van der Waals surface area contributed by atoms with Crippen molar-refractivity contribution in [2.75, 3.05) is 39.5 Å². The van der Waals surface area contributed by atoms with E-state index in [1.165, 1.54) is 0 Å². The normalized spacial score (nSPS) is 41.1. The van der Waals surface area contributed by atoms with Gasteiger partial charge in [0.1, 0.15) is 12.6 Å². The van der Waals surface area contributed by atoms with Crippen molar-refractivity contribution in [3.8, 4) is 0 Å². The van der Waals surface area contributed by atoms with Crippen LogP contribution in [-0.2, 0) is 14.9 Å². The van der Waals surface area contributed by atoms with E-state index < -0.39 is 34.2 Å². The average molecular weight is 631 g/mol. The van der Waals surface area contributed by atoms with Gasteiger partial charge in [0.2, 0.25) is 5.91 Å². The molecule has 0 aromatic heterocycles. The van der Waals surface area contributed by atoms with Crippen molar-refractivity contribution >= 4 is 16.0 Å². The second kappa shape index (κ2) is 13.1. The summed E-state index contributed by atoms with van der Waals surface area (Å²) < 4.78 is 32.9. The molecule has 10 nitrogen and oxygen atoms in total. The Morgan fingerprint density at radius 2 is 1.77 bits per heavy atom. The van der Waals surface area contributed by atoms with Gasteiger partial charge in [-0.2, -0.15) is 0 Å². The molecule has 0 radical (unpaired) electrons. The highest BCUT2D eigenvalue weighted by Crippen LogP contribution is 2.68. The fourth-order valence-corrected chi connectivity index (χ4v) is 10.9. The van der Waals surface area contributed by atoms with E-state index in [1.54, 1.807) is 0 Å². The third-order valence-electron chi connectivity index (χ3n) is 12.7. The Bertz CT molecular complexity index is 1090. The second-order valence-corrected chi connectivity index (χ2v) is 17.5. The van der Waals surface area contributed by atoms with Gasteiger partial charge in [0.05, 0.1) is 49.1 Å². The highest BCUT2D eigenvalue weighted by molar-refractivity contribution is 7.85. The van der Waals surface area contributed by atoms with Crippen LogP contribution in [0.4, 0.5) is 0 Å². The minimum atomic E-state index is -4.26. The van der Waals surface area contributed by atoms with Crippen molar-refractivity contribution < 1.29 is 42.7 Å². The number of aliphatic hydroxyl groups is 4. The number of amides is 1. The number of carbonyl (C=O) groups is 1. The Labute approximate surface area is 259 Å². The lowest BCUT2D eigenvalue weighted by molar-refractivity contribution is -0.893. The van der Waals surface area contributed by atoms with E-state index in [-0.39, 0.29) is 65.4 Å². The number of nitrogens with one attached hydrogen (secondary N) is 1. The summed E-state index contributed by atoms with van der Waals surface area (Å²) in [7, 11) is -0.552. The van der Waals surface area contributed by atoms with Crippen LogP contribution in [0.2, 0.25) is 0 Å². The number of carbonyl (C=O) groups excluding carboxylic acids is 1. The summed E-state index contributed by atoms with van der Waals surface area (Å²) in [6.07, 6.45) is 5.19. The van der Waals surface area contributed by atoms with Crippen LogP contribution in [0.5, 0.6) is 0 Å². The van der Waals surface area contributed by atoms with E-state index in [0.717, 1.165) is 38.5 Å². The standard InChI is InChI=1S/C32H58N2O8S/c1-20(7-10-29(39)33-18-23(36)19-34(4,5)13-6-14-43(40,41)42)24-8-9-25-30-26(17-28(38)32(24,25)3)31(2)12-11-22(35)15-21(31)16-27(30)37/h20-28,30,35-38H,6-19H2,1-5H3,(H-,33,39,40,41,42)/t20?,21?,22-,23?,24?,25+,26+,27-,28+,30?,31?,32?/m1/s1. The molecule has 0 saturated heterocycles. The minimum absolute atomic E-state index is 0.0451. The molecule has 0 spiro atoms. The lowest BCUT2D eigenvalue weighted by atomic mass is 9.43. The van der Waals surface area contributed by atoms with Gasteiger partial charge in [-0.25, -0.2) is 8.42 Å². The number of aliphatic hydroxyl groups excluding tert-OH is 4. The molecule has 12 atom stereocenters. The average Bonchev–Trinajstić information content (AvgIpc) is 3.25. The molecule has 4 aliphatic carbocycles. The van der Waals surface area contributed by atoms with Crippen LogP contribution >= 0.6 is 0 Å². The first-order valence-electron chi connectivity index (χ1n) is 16.6. The SMILES string of the molecule is CC(CCC(=O)NCC(O)C[N+](C)(C)CCCS(=O)(=O)[O-])C1CC[C@H]2C3[C@H](O)CC4C[C@H](O)CCC4(C)[C@H]3C[C@H](O)C12C. The molecule has 5 N–H and O–H groups in total. The van der Waals surface area contributed by atoms with Crippen molar-refractivity contribution in [2.24, 2.45) is 46.3 Å². The lowest BCUT2D eigenvalue weighted by Crippen LogP contribution is -2.62. The van der Waals surface area contributed by atoms with Gasteiger partial charge in [-0.1, -0.05) is 20.8 Å². The van der Waals surface area contributed by atoms with Gasteiger partial charge in [-0.05, 0) is 97.7 Å². The first kappa shape index (κ1) is 35.0. The minimum Gasteiger partial charge on any atom is -0.748 e. The fraction of sp³-hybridized carbons (Fsp3) is 0.969. The summed E-state index contributed by atoms with van der Waals surface area (Å²) in [5, 5.41) is 46.9. The second-order valence-electron chi connectivity index (χ2n) is 16.0. The summed E-state index contributed by atoms with van der Waals surface area (Å²) >= 11 is 0. The Balaban J connectivity index is 1.29. The van der Waals surface area contributed by atoms with E-state index in [1.807, 2.05) is 14.1 Å². The Kier molecular flexibility index (Phi) is 10.7. The zero-order valence-corrected chi connectivity index (χ0v) is 27.8. The van der Waals surface area contributed by atoms with Gasteiger partial charge < -0.3 is 34.8 Å². The molecule has 250 valence electrons. The fourth-order valence-electron chi connectivity index (χ4n) is 10.4. The van der Waals surface area contributed by atoms with Gasteiger partial charge in [0.25, 0.3) is 0 Å². The highest BCUT2D eigenvalue weighted by Gasteiger charge is 2.65. The predicted octanol–water partition coefficient (Wildman–Crippen LogP) is 1.85. The molecule has 0 aromatic carbocycles. The van der Waals surface area contributed by atoms with Crippen molar-refractivity contribution in [1.82, 2.24) is 5.32 Å². The van der Waals surface area contributed by atoms with E-state index in [0.29, 0.717) is 42.8 Å². The van der Waals surface area contributed by atoms with Crippen molar-refractivity contribution in [3.63, 3.8) is 0 Å². The third kappa shape index (κ3) is 7.60. The van der Waals surface area contributed by atoms with Gasteiger partial charge in [-0.3, -0.25) is 4.79 Å². The quantitative estimate of drug-likeness (QED) is 0.161. The molecular weight excluding hydrogens is 572 g/mol. The molecule has 1 amide bonds. The van der Waals surface area contributed by atoms with Crippen molar-refractivity contribution in [3.05, 3.63) is 0 Å². The molecule has 0 heterocycles. The third-order valence-corrected chi connectivity index (χ3v) is 13.5. The van der Waals surface area contributed by atoms with E-state index in [4.69, 9.17) is 0 Å². The summed E-state index contributed by atoms with van der Waals surface area (Å²) in [5.41, 5.74) is -0.260. The maximum atomic E-state index is 12.7. The number of hydrogen-bond donors (Lipinski definition) is 5. The van der Waals surface area contributed by atoms with Crippen LogP contribution in [0.15, 0.2) is 0 Å². The van der Waals surface area contributed by atoms with Crippen molar-refractivity contribution in [1.29, 1.82) is 0 Å². The number of quaternary nitrogens is 1. The van der Waals surface area contributed by atoms with Crippen molar-refractivity contribution in [2.45, 2.75) is 109 Å². The molecule has 0 bridgehead atoms. The monoisotopic (exact) mass is 630 g/mol. The van der Waals surface area contributed by atoms with Gasteiger partial charge >= 0.3 is 0 Å². The number of hydrogen-bond acceptors (Lipinski definition) is 8. The number of likely N-dealkylation sites (N-methyl/N-ethyl adjacent to an activating group) is 1. The highest BCUT2D eigenvalue weighted by atomic mass is 32.2. The maximum absolute atomic E-state index is 12.7. The van der Waals surface area contributed by atoms with E-state index >= 15 is 0 Å². The first-order chi connectivity index (χ1) is 19.9. The van der Waals surface area contributed by atoms with Crippen LogP contribution in [0.25, 0.3) is 0 Å². The smallest absolute Gasteiger partial charge is 0.220 e. The maximum Gasteiger partial charge on any atom is 0.220 e. The molecule has 4 saturated carbocycles. The molecule has 7 unspecified atom stereocenters. The number of fused-ring (bicyclic) bond motifs is 5. The van der Waals surface area contributed by atoms with Crippen LogP contribution in [0, 0.1) is 46.3 Å². The largest absolute Gasteiger partial charge is 0.748 e. The van der Waals surface area contributed by atoms with Crippen LogP contribution in [-0.4, -0.2) is 108 Å². The summed E-state index contributed by atoms with van der Waals surface area (Å²) in [5.74, 6) is 0.892. The zero-order valence-electron chi connectivity index (χ0n) is 27.0. The van der Waals surface area contributed by atoms with Gasteiger partial charge in [0.15, 0.2) is 0 Å². The summed E-state index contributed by atoms with van der Waals surface area (Å²) in [6, 6.07) is 0. The zero-order chi connectivity index (χ0) is 32.0. The topological polar surface area (TPSA) is 167 Å². The molecule has 0 aliphatic heterocycles. The molecule has 43 heavy (non-hydrogen) atoms. The molecule has 4 aliphatic rings. The van der Waals surface area contributed by atoms with Gasteiger partial charge in [0, 0.05) is 25.1 Å². The van der Waals surface area contributed by atoms with Crippen LogP contribution in [0.1, 0.15) is 85.0 Å². The van der Waals surface area contributed by atoms with Crippen LogP contribution in [0.3, 0.4) is 0 Å². The lowest BCUT2D eigenvalue weighted by Gasteiger charge is -2.63. The molecule has 0 aromatic rings. The Morgan fingerprint density at radius 1 is 1.07 bits per heavy atom. The van der Waals surface area contributed by atoms with E-state index in [9.17, 15) is 38.2 Å². The Hall–Kier alpha value is -0.820. The van der Waals surface area contributed by atoms with Crippen LogP contribution < -0.4 is 5.32 Å². The molecule has 4 fully saturated rings. The Morgan fingerprint density at radius 3 is 2.44 bits per heavy atom.